The summed E-state index contributed by atoms with van der Waals surface area (Å²) in [7, 11) is 0. The van der Waals surface area contributed by atoms with Crippen LogP contribution in [0.15, 0.2) is 79.4 Å². The molecular weight excluding hydrogens is 423 g/mol. The lowest BCUT2D eigenvalue weighted by Crippen LogP contribution is -2.27. The molecule has 2 amide bonds. The number of rotatable bonds is 7. The Hall–Kier alpha value is -4.53. The van der Waals surface area contributed by atoms with Crippen LogP contribution < -0.4 is 10.6 Å². The number of hydrogen-bond donors (Lipinski definition) is 2. The molecule has 4 rings (SSSR count). The third kappa shape index (κ3) is 5.40. The average molecular weight is 442 g/mol. The van der Waals surface area contributed by atoms with Gasteiger partial charge in [0, 0.05) is 37.1 Å². The maximum Gasteiger partial charge on any atom is 0.271 e. The summed E-state index contributed by atoms with van der Waals surface area (Å²) in [5.41, 5.74) is 1.62. The second-order valence-electron chi connectivity index (χ2n) is 6.95. The van der Waals surface area contributed by atoms with Gasteiger partial charge < -0.3 is 10.6 Å². The van der Waals surface area contributed by atoms with Crippen molar-refractivity contribution in [3.8, 4) is 11.4 Å². The zero-order valence-electron chi connectivity index (χ0n) is 17.4. The Bertz CT molecular complexity index is 1270. The third-order valence-corrected chi connectivity index (χ3v) is 4.71. The summed E-state index contributed by atoms with van der Waals surface area (Å²) in [4.78, 5) is 41.8. The highest BCUT2D eigenvalue weighted by Crippen LogP contribution is 2.19. The van der Waals surface area contributed by atoms with Gasteiger partial charge in [-0.2, -0.15) is 0 Å². The van der Waals surface area contributed by atoms with Gasteiger partial charge in [-0.3, -0.25) is 14.6 Å². The van der Waals surface area contributed by atoms with E-state index >= 15 is 0 Å². The summed E-state index contributed by atoms with van der Waals surface area (Å²) in [6.07, 6.45) is 5.92. The topological polar surface area (TPSA) is 110 Å². The van der Waals surface area contributed by atoms with Crippen molar-refractivity contribution < 1.29 is 14.0 Å². The molecule has 164 valence electrons. The molecule has 0 aliphatic carbocycles. The Morgan fingerprint density at radius 3 is 2.42 bits per heavy atom. The molecule has 0 saturated heterocycles. The zero-order chi connectivity index (χ0) is 23.0. The van der Waals surface area contributed by atoms with Crippen molar-refractivity contribution in [1.82, 2.24) is 25.3 Å². The Labute approximate surface area is 189 Å². The number of anilines is 1. The molecule has 0 aliphatic heterocycles. The average Bonchev–Trinajstić information content (AvgIpc) is 2.86. The normalized spacial score (nSPS) is 10.5. The maximum absolute atomic E-state index is 14.0. The Morgan fingerprint density at radius 2 is 1.67 bits per heavy atom. The molecule has 33 heavy (non-hydrogen) atoms. The maximum atomic E-state index is 14.0. The molecule has 8 nitrogen and oxygen atoms in total. The Balaban J connectivity index is 1.56. The Kier molecular flexibility index (Phi) is 6.70. The summed E-state index contributed by atoms with van der Waals surface area (Å²) < 4.78 is 14.0. The van der Waals surface area contributed by atoms with E-state index in [4.69, 9.17) is 0 Å². The number of carbonyl (C=O) groups is 2. The molecule has 0 saturated carbocycles. The van der Waals surface area contributed by atoms with Crippen LogP contribution in [0.1, 0.15) is 26.5 Å². The fraction of sp³-hybridized carbons (Fsp3) is 0.0833. The molecule has 0 fully saturated rings. The molecule has 0 spiro atoms. The van der Waals surface area contributed by atoms with Gasteiger partial charge in [0.2, 0.25) is 0 Å². The van der Waals surface area contributed by atoms with Crippen LogP contribution >= 0.6 is 0 Å². The van der Waals surface area contributed by atoms with E-state index in [9.17, 15) is 14.0 Å². The van der Waals surface area contributed by atoms with Crippen molar-refractivity contribution in [2.45, 2.75) is 6.42 Å². The molecule has 2 heterocycles. The van der Waals surface area contributed by atoms with Crippen LogP contribution in [0.2, 0.25) is 0 Å². The van der Waals surface area contributed by atoms with Gasteiger partial charge in [0.15, 0.2) is 5.82 Å². The smallest absolute Gasteiger partial charge is 0.271 e. The number of aromatic nitrogens is 4. The highest BCUT2D eigenvalue weighted by molar-refractivity contribution is 6.05. The minimum Gasteiger partial charge on any atom is -0.350 e. The number of nitrogens with zero attached hydrogens (tertiary/aromatic N) is 4. The zero-order valence-corrected chi connectivity index (χ0v) is 17.4. The molecule has 2 aromatic carbocycles. The second-order valence-corrected chi connectivity index (χ2v) is 6.95. The first-order valence-corrected chi connectivity index (χ1v) is 10.1. The van der Waals surface area contributed by atoms with Crippen molar-refractivity contribution in [2.75, 3.05) is 11.9 Å². The Morgan fingerprint density at radius 1 is 0.879 bits per heavy atom. The van der Waals surface area contributed by atoms with E-state index in [2.05, 4.69) is 30.6 Å². The van der Waals surface area contributed by atoms with E-state index in [-0.39, 0.29) is 29.9 Å². The third-order valence-electron chi connectivity index (χ3n) is 4.71. The van der Waals surface area contributed by atoms with Crippen molar-refractivity contribution in [1.29, 1.82) is 0 Å². The lowest BCUT2D eigenvalue weighted by Gasteiger charge is -2.12. The first kappa shape index (κ1) is 21.7. The van der Waals surface area contributed by atoms with Gasteiger partial charge in [-0.15, -0.1) is 0 Å². The lowest BCUT2D eigenvalue weighted by molar-refractivity contribution is 0.0948. The number of hydrogen-bond acceptors (Lipinski definition) is 6. The monoisotopic (exact) mass is 442 g/mol. The van der Waals surface area contributed by atoms with Gasteiger partial charge in [-0.05, 0) is 12.1 Å². The van der Waals surface area contributed by atoms with Crippen LogP contribution in [0.5, 0.6) is 0 Å². The van der Waals surface area contributed by atoms with Gasteiger partial charge in [-0.25, -0.2) is 19.3 Å². The van der Waals surface area contributed by atoms with Crippen molar-refractivity contribution >= 4 is 17.5 Å². The first-order valence-electron chi connectivity index (χ1n) is 10.1. The second kappa shape index (κ2) is 10.2. The standard InChI is InChI=1S/C24H19FN6O2/c25-18-8-4-5-9-20(18)31-23(32)17-14-29-22(16-6-2-1-3-7-16)30-19(17)10-11-28-24(33)21-15-26-12-13-27-21/h1-9,12-15H,10-11H2,(H,28,33)(H,31,32). The van der Waals surface area contributed by atoms with Crippen molar-refractivity contribution in [3.63, 3.8) is 0 Å². The van der Waals surface area contributed by atoms with Crippen LogP contribution in [0, 0.1) is 5.82 Å². The molecule has 0 radical (unpaired) electrons. The number of carbonyl (C=O) groups excluding carboxylic acids is 2. The molecule has 0 bridgehead atoms. The fourth-order valence-corrected chi connectivity index (χ4v) is 3.08. The summed E-state index contributed by atoms with van der Waals surface area (Å²) >= 11 is 0. The number of nitrogens with one attached hydrogen (secondary N) is 2. The summed E-state index contributed by atoms with van der Waals surface area (Å²) in [5.74, 6) is -1.05. The van der Waals surface area contributed by atoms with E-state index in [1.165, 1.54) is 43.0 Å². The van der Waals surface area contributed by atoms with E-state index < -0.39 is 17.6 Å². The fourth-order valence-electron chi connectivity index (χ4n) is 3.08. The molecule has 2 N–H and O–H groups in total. The molecule has 0 atom stereocenters. The quantitative estimate of drug-likeness (QED) is 0.455. The van der Waals surface area contributed by atoms with E-state index in [1.807, 2.05) is 30.3 Å². The predicted molar refractivity (Wildman–Crippen MR) is 120 cm³/mol. The van der Waals surface area contributed by atoms with E-state index in [0.29, 0.717) is 11.5 Å². The molecule has 2 aromatic heterocycles. The van der Waals surface area contributed by atoms with Crippen molar-refractivity contribution in [2.24, 2.45) is 0 Å². The minimum absolute atomic E-state index is 0.0524. The SMILES string of the molecule is O=C(NCCc1nc(-c2ccccc2)ncc1C(=O)Nc1ccccc1F)c1cnccn1. The van der Waals surface area contributed by atoms with Crippen molar-refractivity contribution in [3.05, 3.63) is 102 Å². The van der Waals surface area contributed by atoms with Gasteiger partial charge in [0.05, 0.1) is 23.1 Å². The van der Waals surface area contributed by atoms with Gasteiger partial charge in [0.1, 0.15) is 11.5 Å². The van der Waals surface area contributed by atoms with Crippen LogP contribution in [0.4, 0.5) is 10.1 Å². The highest BCUT2D eigenvalue weighted by Gasteiger charge is 2.17. The number of halogens is 1. The molecule has 9 heteroatoms. The molecular formula is C24H19FN6O2. The minimum atomic E-state index is -0.551. The first-order chi connectivity index (χ1) is 16.1. The van der Waals surface area contributed by atoms with Gasteiger partial charge in [0.25, 0.3) is 11.8 Å². The molecule has 0 unspecified atom stereocenters. The molecule has 4 aromatic rings. The lowest BCUT2D eigenvalue weighted by atomic mass is 10.1. The summed E-state index contributed by atoms with van der Waals surface area (Å²) in [6, 6.07) is 15.2. The van der Waals surface area contributed by atoms with Crippen LogP contribution in [-0.2, 0) is 6.42 Å². The number of benzene rings is 2. The largest absolute Gasteiger partial charge is 0.350 e. The molecule has 0 aliphatic rings. The van der Waals surface area contributed by atoms with Gasteiger partial charge >= 0.3 is 0 Å². The van der Waals surface area contributed by atoms with Crippen LogP contribution in [-0.4, -0.2) is 38.3 Å². The van der Waals surface area contributed by atoms with Gasteiger partial charge in [-0.1, -0.05) is 42.5 Å². The number of amides is 2. The van der Waals surface area contributed by atoms with Crippen LogP contribution in [0.3, 0.4) is 0 Å². The summed E-state index contributed by atoms with van der Waals surface area (Å²) in [5, 5.41) is 5.29. The van der Waals surface area contributed by atoms with E-state index in [0.717, 1.165) is 5.56 Å². The van der Waals surface area contributed by atoms with Crippen LogP contribution in [0.25, 0.3) is 11.4 Å². The highest BCUT2D eigenvalue weighted by atomic mass is 19.1. The predicted octanol–water partition coefficient (Wildman–Crippen LogP) is 3.30. The number of para-hydroxylation sites is 1. The van der Waals surface area contributed by atoms with E-state index in [1.54, 1.807) is 6.07 Å². The summed E-state index contributed by atoms with van der Waals surface area (Å²) in [6.45, 7) is 0.195.